The second-order valence-electron chi connectivity index (χ2n) is 12.0. The molecule has 0 radical (unpaired) electrons. The Labute approximate surface area is 260 Å². The van der Waals surface area contributed by atoms with E-state index in [1.165, 1.54) is 0 Å². The Hall–Kier alpha value is -4.65. The van der Waals surface area contributed by atoms with E-state index in [1.54, 1.807) is 25.7 Å². The quantitative estimate of drug-likeness (QED) is 0.165. The molecule has 230 valence electrons. The highest BCUT2D eigenvalue weighted by Crippen LogP contribution is 2.27. The topological polar surface area (TPSA) is 87.7 Å². The Kier molecular flexibility index (Phi) is 11.1. The van der Waals surface area contributed by atoms with Gasteiger partial charge in [-0.2, -0.15) is 0 Å². The van der Waals surface area contributed by atoms with Crippen LogP contribution in [0.5, 0.6) is 0 Å². The second-order valence-corrected chi connectivity index (χ2v) is 12.0. The Bertz CT molecular complexity index is 1530. The number of fused-ring (bicyclic) bond motifs is 1. The van der Waals surface area contributed by atoms with Crippen LogP contribution in [0.1, 0.15) is 64.1 Å². The molecule has 0 heterocycles. The number of rotatable bonds is 12. The fourth-order valence-corrected chi connectivity index (χ4v) is 5.18. The van der Waals surface area contributed by atoms with Crippen LogP contribution in [0, 0.1) is 0 Å². The molecular weight excluding hydrogens is 550 g/mol. The standard InChI is InChI=1S/C37H43N3O4/c1-5-6-15-24-40(35(42)32(25-27-16-9-7-10-17-27)39-36(43)44-37(2,3)4)33(29-19-11-8-12-20-29)34(41)38-31-23-22-28-18-13-14-21-30(28)26-31/h7-14,16-23,26,32-33H,5-6,15,24-25H2,1-4H3,(H,38,41)(H,39,43). The Balaban J connectivity index is 1.71. The summed E-state index contributed by atoms with van der Waals surface area (Å²) < 4.78 is 5.54. The molecule has 0 aliphatic rings. The number of alkyl carbamates (subject to hydrolysis) is 1. The first-order chi connectivity index (χ1) is 21.1. The third kappa shape index (κ3) is 9.17. The second kappa shape index (κ2) is 15.2. The molecule has 44 heavy (non-hydrogen) atoms. The van der Waals surface area contributed by atoms with Gasteiger partial charge in [-0.3, -0.25) is 9.59 Å². The van der Waals surface area contributed by atoms with Crippen LogP contribution in [0.4, 0.5) is 10.5 Å². The Morgan fingerprint density at radius 3 is 2.09 bits per heavy atom. The zero-order valence-electron chi connectivity index (χ0n) is 26.1. The highest BCUT2D eigenvalue weighted by molar-refractivity contribution is 6.00. The lowest BCUT2D eigenvalue weighted by Crippen LogP contribution is -2.53. The van der Waals surface area contributed by atoms with Gasteiger partial charge < -0.3 is 20.3 Å². The Morgan fingerprint density at radius 2 is 1.43 bits per heavy atom. The van der Waals surface area contributed by atoms with E-state index in [-0.39, 0.29) is 18.2 Å². The maximum Gasteiger partial charge on any atom is 0.408 e. The fourth-order valence-electron chi connectivity index (χ4n) is 5.18. The number of hydrogen-bond acceptors (Lipinski definition) is 4. The minimum absolute atomic E-state index is 0.247. The predicted octanol–water partition coefficient (Wildman–Crippen LogP) is 7.67. The van der Waals surface area contributed by atoms with Crippen LogP contribution in [-0.2, 0) is 20.7 Å². The summed E-state index contributed by atoms with van der Waals surface area (Å²) >= 11 is 0. The lowest BCUT2D eigenvalue weighted by Gasteiger charge is -2.34. The van der Waals surface area contributed by atoms with E-state index in [0.29, 0.717) is 24.2 Å². The van der Waals surface area contributed by atoms with Gasteiger partial charge in [0.15, 0.2) is 0 Å². The van der Waals surface area contributed by atoms with Crippen LogP contribution >= 0.6 is 0 Å². The fraction of sp³-hybridized carbons (Fsp3) is 0.324. The molecule has 0 fully saturated rings. The molecule has 7 nitrogen and oxygen atoms in total. The third-order valence-corrected chi connectivity index (χ3v) is 7.25. The molecular formula is C37H43N3O4. The summed E-state index contributed by atoms with van der Waals surface area (Å²) in [5.41, 5.74) is 1.47. The molecule has 2 unspecified atom stereocenters. The Morgan fingerprint density at radius 1 is 0.795 bits per heavy atom. The maximum atomic E-state index is 14.6. The van der Waals surface area contributed by atoms with Gasteiger partial charge in [0.25, 0.3) is 5.91 Å². The minimum Gasteiger partial charge on any atom is -0.444 e. The van der Waals surface area contributed by atoms with Gasteiger partial charge in [0.2, 0.25) is 5.91 Å². The number of hydrogen-bond donors (Lipinski definition) is 2. The molecule has 7 heteroatoms. The van der Waals surface area contributed by atoms with Crippen molar-refractivity contribution in [1.29, 1.82) is 0 Å². The molecule has 0 aliphatic carbocycles. The van der Waals surface area contributed by atoms with E-state index in [0.717, 1.165) is 29.2 Å². The molecule has 0 saturated heterocycles. The number of unbranched alkanes of at least 4 members (excludes halogenated alkanes) is 2. The summed E-state index contributed by atoms with van der Waals surface area (Å²) in [6, 6.07) is 30.7. The summed E-state index contributed by atoms with van der Waals surface area (Å²) in [6.07, 6.45) is 2.11. The van der Waals surface area contributed by atoms with Crippen molar-refractivity contribution in [3.63, 3.8) is 0 Å². The van der Waals surface area contributed by atoms with E-state index < -0.39 is 23.8 Å². The third-order valence-electron chi connectivity index (χ3n) is 7.25. The minimum atomic E-state index is -0.950. The number of amides is 3. The molecule has 2 atom stereocenters. The van der Waals surface area contributed by atoms with Crippen LogP contribution in [0.15, 0.2) is 103 Å². The smallest absolute Gasteiger partial charge is 0.408 e. The van der Waals surface area contributed by atoms with E-state index >= 15 is 0 Å². The number of nitrogens with zero attached hydrogens (tertiary/aromatic N) is 1. The van der Waals surface area contributed by atoms with E-state index in [4.69, 9.17) is 4.74 Å². The molecule has 4 rings (SSSR count). The summed E-state index contributed by atoms with van der Waals surface area (Å²) in [5.74, 6) is -0.676. The first kappa shape index (κ1) is 32.3. The molecule has 4 aromatic carbocycles. The van der Waals surface area contributed by atoms with Crippen molar-refractivity contribution < 1.29 is 19.1 Å². The van der Waals surface area contributed by atoms with Gasteiger partial charge in [0, 0.05) is 18.7 Å². The normalized spacial score (nSPS) is 12.6. The van der Waals surface area contributed by atoms with Gasteiger partial charge in [-0.25, -0.2) is 4.79 Å². The maximum absolute atomic E-state index is 14.6. The van der Waals surface area contributed by atoms with Crippen LogP contribution in [0.2, 0.25) is 0 Å². The van der Waals surface area contributed by atoms with Crippen LogP contribution in [0.3, 0.4) is 0 Å². The predicted molar refractivity (Wildman–Crippen MR) is 176 cm³/mol. The number of ether oxygens (including phenoxy) is 1. The number of carbonyl (C=O) groups is 3. The SMILES string of the molecule is CCCCCN(C(=O)C(Cc1ccccc1)NC(=O)OC(C)(C)C)C(C(=O)Nc1ccc2ccccc2c1)c1ccccc1. The molecule has 2 N–H and O–H groups in total. The van der Waals surface area contributed by atoms with Gasteiger partial charge >= 0.3 is 6.09 Å². The van der Waals surface area contributed by atoms with Crippen LogP contribution in [0.25, 0.3) is 10.8 Å². The zero-order valence-corrected chi connectivity index (χ0v) is 26.1. The van der Waals surface area contributed by atoms with E-state index in [1.807, 2.05) is 103 Å². The molecule has 0 aliphatic heterocycles. The van der Waals surface area contributed by atoms with Gasteiger partial charge in [0.05, 0.1) is 0 Å². The first-order valence-electron chi connectivity index (χ1n) is 15.3. The van der Waals surface area contributed by atoms with Gasteiger partial charge in [0.1, 0.15) is 17.7 Å². The van der Waals surface area contributed by atoms with Crippen molar-refractivity contribution >= 4 is 34.4 Å². The largest absolute Gasteiger partial charge is 0.444 e. The summed E-state index contributed by atoms with van der Waals surface area (Å²) in [4.78, 5) is 43.4. The zero-order chi connectivity index (χ0) is 31.5. The van der Waals surface area contributed by atoms with Crippen molar-refractivity contribution in [1.82, 2.24) is 10.2 Å². The lowest BCUT2D eigenvalue weighted by atomic mass is 9.99. The number of nitrogens with one attached hydrogen (secondary N) is 2. The number of benzene rings is 4. The summed E-state index contributed by atoms with van der Waals surface area (Å²) in [5, 5.41) is 7.97. The molecule has 0 bridgehead atoms. The van der Waals surface area contributed by atoms with Gasteiger partial charge in [-0.15, -0.1) is 0 Å². The van der Waals surface area contributed by atoms with Gasteiger partial charge in [-0.1, -0.05) is 111 Å². The van der Waals surface area contributed by atoms with Crippen molar-refractivity contribution in [3.8, 4) is 0 Å². The first-order valence-corrected chi connectivity index (χ1v) is 15.3. The monoisotopic (exact) mass is 593 g/mol. The van der Waals surface area contributed by atoms with Crippen molar-refractivity contribution in [2.75, 3.05) is 11.9 Å². The van der Waals surface area contributed by atoms with Crippen LogP contribution in [-0.4, -0.2) is 41.0 Å². The van der Waals surface area contributed by atoms with E-state index in [9.17, 15) is 14.4 Å². The average Bonchev–Trinajstić information content (AvgIpc) is 3.00. The molecule has 0 saturated carbocycles. The van der Waals surface area contributed by atoms with Gasteiger partial charge in [-0.05, 0) is 61.2 Å². The molecule has 0 spiro atoms. The lowest BCUT2D eigenvalue weighted by molar-refractivity contribution is -0.140. The highest BCUT2D eigenvalue weighted by atomic mass is 16.6. The number of anilines is 1. The van der Waals surface area contributed by atoms with Crippen molar-refractivity contribution in [3.05, 3.63) is 114 Å². The summed E-state index contributed by atoms with van der Waals surface area (Å²) in [7, 11) is 0. The average molecular weight is 594 g/mol. The molecule has 3 amide bonds. The summed E-state index contributed by atoms with van der Waals surface area (Å²) in [6.45, 7) is 7.77. The molecule has 4 aromatic rings. The molecule has 0 aromatic heterocycles. The van der Waals surface area contributed by atoms with E-state index in [2.05, 4.69) is 17.6 Å². The number of carbonyl (C=O) groups excluding carboxylic acids is 3. The van der Waals surface area contributed by atoms with Crippen molar-refractivity contribution in [2.24, 2.45) is 0 Å². The van der Waals surface area contributed by atoms with Crippen molar-refractivity contribution in [2.45, 2.75) is 71.1 Å². The highest BCUT2D eigenvalue weighted by Gasteiger charge is 2.36. The van der Waals surface area contributed by atoms with Crippen LogP contribution < -0.4 is 10.6 Å².